The molecule has 1 aliphatic heterocycles. The van der Waals surface area contributed by atoms with Crippen LogP contribution in [-0.2, 0) is 0 Å². The zero-order valence-electron chi connectivity index (χ0n) is 33.1. The molecule has 0 saturated carbocycles. The molecule has 3 nitrogen and oxygen atoms in total. The Balaban J connectivity index is 1.05. The minimum atomic E-state index is 0.829. The normalized spacial score (nSPS) is 11.7. The van der Waals surface area contributed by atoms with Gasteiger partial charge in [-0.3, -0.25) is 0 Å². The van der Waals surface area contributed by atoms with E-state index in [0.29, 0.717) is 0 Å². The van der Waals surface area contributed by atoms with Crippen molar-refractivity contribution in [2.75, 3.05) is 4.90 Å². The molecule has 0 atom stereocenters. The van der Waals surface area contributed by atoms with Gasteiger partial charge in [0.2, 0.25) is 0 Å². The lowest BCUT2D eigenvalue weighted by Crippen LogP contribution is -2.10. The molecule has 2 heterocycles. The molecule has 1 aromatic heterocycles. The highest BCUT2D eigenvalue weighted by atomic mass is 16.5. The van der Waals surface area contributed by atoms with Gasteiger partial charge in [0.15, 0.2) is 0 Å². The number of rotatable bonds is 6. The average Bonchev–Trinajstić information content (AvgIpc) is 3.65. The second-order valence-electron chi connectivity index (χ2n) is 15.6. The van der Waals surface area contributed by atoms with Gasteiger partial charge in [0, 0.05) is 44.5 Å². The summed E-state index contributed by atoms with van der Waals surface area (Å²) in [5, 5.41) is 4.59. The van der Waals surface area contributed by atoms with E-state index >= 15 is 0 Å². The van der Waals surface area contributed by atoms with E-state index in [1.807, 2.05) is 12.1 Å². The van der Waals surface area contributed by atoms with Crippen molar-refractivity contribution in [3.05, 3.63) is 224 Å². The fourth-order valence-electron chi connectivity index (χ4n) is 9.13. The number of hydrogen-bond acceptors (Lipinski definition) is 3. The lowest BCUT2D eigenvalue weighted by molar-refractivity contribution is 0.488. The summed E-state index contributed by atoms with van der Waals surface area (Å²) in [4.78, 5) is 2.36. The molecule has 61 heavy (non-hydrogen) atoms. The van der Waals surface area contributed by atoms with Gasteiger partial charge in [-0.25, -0.2) is 0 Å². The number of anilines is 3. The lowest BCUT2D eigenvalue weighted by atomic mass is 9.89. The summed E-state index contributed by atoms with van der Waals surface area (Å²) in [6.07, 6.45) is 0. The molecule has 0 saturated heterocycles. The Kier molecular flexibility index (Phi) is 8.17. The van der Waals surface area contributed by atoms with Crippen LogP contribution in [0.3, 0.4) is 0 Å². The molecule has 0 fully saturated rings. The number of benzene rings is 10. The largest absolute Gasteiger partial charge is 0.456 e. The summed E-state index contributed by atoms with van der Waals surface area (Å²) in [5.41, 5.74) is 16.1. The van der Waals surface area contributed by atoms with Crippen molar-refractivity contribution < 1.29 is 9.15 Å². The maximum Gasteiger partial charge on any atom is 0.143 e. The Bertz CT molecular complexity index is 3420. The van der Waals surface area contributed by atoms with E-state index in [-0.39, 0.29) is 0 Å². The van der Waals surface area contributed by atoms with Gasteiger partial charge >= 0.3 is 0 Å². The second kappa shape index (κ2) is 14.3. The van der Waals surface area contributed by atoms with Crippen molar-refractivity contribution >= 4 is 49.8 Å². The molecule has 0 unspecified atom stereocenters. The fourth-order valence-corrected chi connectivity index (χ4v) is 9.13. The summed E-state index contributed by atoms with van der Waals surface area (Å²) in [5.74, 6) is 1.68. The molecule has 1 aliphatic rings. The average molecular weight is 780 g/mol. The second-order valence-corrected chi connectivity index (χ2v) is 15.6. The highest BCUT2D eigenvalue weighted by Crippen LogP contribution is 2.52. The van der Waals surface area contributed by atoms with Gasteiger partial charge in [0.05, 0.1) is 0 Å². The van der Waals surface area contributed by atoms with Gasteiger partial charge in [-0.1, -0.05) is 164 Å². The number of fused-ring (bicyclic) bond motifs is 10. The van der Waals surface area contributed by atoms with Crippen molar-refractivity contribution in [1.29, 1.82) is 0 Å². The van der Waals surface area contributed by atoms with E-state index in [9.17, 15) is 0 Å². The number of ether oxygens (including phenoxy) is 1. The van der Waals surface area contributed by atoms with Crippen molar-refractivity contribution in [3.8, 4) is 67.1 Å². The molecular formula is C58H37NO2. The molecule has 11 aromatic rings. The van der Waals surface area contributed by atoms with E-state index in [0.717, 1.165) is 100 Å². The molecule has 0 aliphatic carbocycles. The van der Waals surface area contributed by atoms with E-state index in [1.54, 1.807) is 0 Å². The Morgan fingerprint density at radius 3 is 1.67 bits per heavy atom. The van der Waals surface area contributed by atoms with Crippen molar-refractivity contribution in [2.45, 2.75) is 0 Å². The summed E-state index contributed by atoms with van der Waals surface area (Å²) < 4.78 is 13.4. The Morgan fingerprint density at radius 1 is 0.311 bits per heavy atom. The summed E-state index contributed by atoms with van der Waals surface area (Å²) >= 11 is 0. The highest BCUT2D eigenvalue weighted by Gasteiger charge is 2.25. The standard InChI is InChI=1S/C58H37NO2/c1-3-12-38(13-4-1)40-22-28-44(29-23-40)59(45-30-24-42(25-31-45)48-19-11-20-51-49-18-9-10-21-54(49)61-58(48)51)46-32-33-50-52(37-46)53-36-43(39-14-5-2-6-15-39)27-34-55(53)60-56-35-26-41-16-7-8-17-47(41)57(50)56/h1-37H. The Hall–Kier alpha value is -8.14. The summed E-state index contributed by atoms with van der Waals surface area (Å²) in [7, 11) is 0. The predicted octanol–water partition coefficient (Wildman–Crippen LogP) is 16.6. The maximum atomic E-state index is 6.89. The van der Waals surface area contributed by atoms with Gasteiger partial charge in [-0.2, -0.15) is 0 Å². The molecule has 0 amide bonds. The van der Waals surface area contributed by atoms with E-state index in [2.05, 4.69) is 217 Å². The van der Waals surface area contributed by atoms with Gasteiger partial charge in [-0.05, 0) is 110 Å². The number of para-hydroxylation sites is 2. The van der Waals surface area contributed by atoms with E-state index in [1.165, 1.54) is 16.5 Å². The van der Waals surface area contributed by atoms with Crippen LogP contribution in [0.5, 0.6) is 11.5 Å². The van der Waals surface area contributed by atoms with Crippen LogP contribution >= 0.6 is 0 Å². The molecule has 10 aromatic carbocycles. The molecule has 12 rings (SSSR count). The van der Waals surface area contributed by atoms with Crippen LogP contribution in [0.25, 0.3) is 88.3 Å². The lowest BCUT2D eigenvalue weighted by Gasteiger charge is -2.27. The monoisotopic (exact) mass is 779 g/mol. The Morgan fingerprint density at radius 2 is 0.902 bits per heavy atom. The first-order valence-electron chi connectivity index (χ1n) is 20.7. The first-order valence-corrected chi connectivity index (χ1v) is 20.7. The van der Waals surface area contributed by atoms with Crippen LogP contribution in [0, 0.1) is 0 Å². The molecule has 0 radical (unpaired) electrons. The number of hydrogen-bond donors (Lipinski definition) is 0. The van der Waals surface area contributed by atoms with Crippen molar-refractivity contribution in [1.82, 2.24) is 0 Å². The van der Waals surface area contributed by atoms with Crippen LogP contribution < -0.4 is 9.64 Å². The molecular weight excluding hydrogens is 743 g/mol. The third kappa shape index (κ3) is 5.98. The topological polar surface area (TPSA) is 25.6 Å². The van der Waals surface area contributed by atoms with E-state index in [4.69, 9.17) is 9.15 Å². The molecule has 3 heteroatoms. The first-order chi connectivity index (χ1) is 30.2. The van der Waals surface area contributed by atoms with Crippen molar-refractivity contribution in [2.24, 2.45) is 0 Å². The zero-order chi connectivity index (χ0) is 40.3. The van der Waals surface area contributed by atoms with Crippen LogP contribution in [-0.4, -0.2) is 0 Å². The van der Waals surface area contributed by atoms with Crippen LogP contribution in [0.2, 0.25) is 0 Å². The third-order valence-corrected chi connectivity index (χ3v) is 12.1. The number of nitrogens with zero attached hydrogens (tertiary/aromatic N) is 1. The van der Waals surface area contributed by atoms with Gasteiger partial charge in [0.1, 0.15) is 22.7 Å². The SMILES string of the molecule is c1ccc(-c2ccc(N(c3ccc(-c4cccc5c4oc4ccccc45)cc3)c3ccc4c(c3)-c3cc(-c5ccccc5)ccc3Oc3ccc5ccccc5c3-4)cc2)cc1. The smallest absolute Gasteiger partial charge is 0.143 e. The van der Waals surface area contributed by atoms with Crippen LogP contribution in [0.1, 0.15) is 0 Å². The van der Waals surface area contributed by atoms with Gasteiger partial charge < -0.3 is 14.1 Å². The molecule has 0 N–H and O–H groups in total. The Labute approximate surface area is 354 Å². The zero-order valence-corrected chi connectivity index (χ0v) is 33.1. The first kappa shape index (κ1) is 34.9. The fraction of sp³-hybridized carbons (Fsp3) is 0. The summed E-state index contributed by atoms with van der Waals surface area (Å²) in [6, 6.07) is 79.9. The minimum Gasteiger partial charge on any atom is -0.456 e. The minimum absolute atomic E-state index is 0.829. The molecule has 0 spiro atoms. The van der Waals surface area contributed by atoms with Gasteiger partial charge in [-0.15, -0.1) is 0 Å². The number of furan rings is 1. The van der Waals surface area contributed by atoms with Gasteiger partial charge in [0.25, 0.3) is 0 Å². The quantitative estimate of drug-likeness (QED) is 0.168. The maximum absolute atomic E-state index is 6.89. The van der Waals surface area contributed by atoms with Crippen LogP contribution in [0.15, 0.2) is 229 Å². The van der Waals surface area contributed by atoms with Crippen LogP contribution in [0.4, 0.5) is 17.1 Å². The predicted molar refractivity (Wildman–Crippen MR) is 253 cm³/mol. The summed E-state index contributed by atoms with van der Waals surface area (Å²) in [6.45, 7) is 0. The third-order valence-electron chi connectivity index (χ3n) is 12.1. The van der Waals surface area contributed by atoms with Crippen molar-refractivity contribution in [3.63, 3.8) is 0 Å². The van der Waals surface area contributed by atoms with E-state index < -0.39 is 0 Å². The highest BCUT2D eigenvalue weighted by molar-refractivity contribution is 6.10. The molecule has 0 bridgehead atoms. The molecule has 286 valence electrons.